The molecule has 0 saturated carbocycles. The minimum absolute atomic E-state index is 0. The van der Waals surface area contributed by atoms with Crippen LogP contribution in [0.25, 0.3) is 11.1 Å². The van der Waals surface area contributed by atoms with Gasteiger partial charge in [-0.25, -0.2) is 0 Å². The molecule has 0 spiro atoms. The number of Topliss-reactive ketones (excluding diaryl/α,β-unsaturated/α-hetero) is 4. The van der Waals surface area contributed by atoms with E-state index in [0.717, 1.165) is 17.5 Å². The molecule has 0 aliphatic heterocycles. The van der Waals surface area contributed by atoms with Crippen molar-refractivity contribution in [2.24, 2.45) is 23.7 Å². The summed E-state index contributed by atoms with van der Waals surface area (Å²) < 4.78 is 17.9. The predicted molar refractivity (Wildman–Crippen MR) is 194 cm³/mol. The Balaban J connectivity index is 0.0000125. The molecule has 0 aromatic heterocycles. The summed E-state index contributed by atoms with van der Waals surface area (Å²) in [6.07, 6.45) is 1.43. The first kappa shape index (κ1) is 41.6. The second-order valence-electron chi connectivity index (χ2n) is 13.8. The quantitative estimate of drug-likeness (QED) is 0.0912. The fraction of sp³-hybridized carbons (Fsp3) is 0.575. The fourth-order valence-electron chi connectivity index (χ4n) is 4.89. The molecule has 0 radical (unpaired) electrons. The fourth-order valence-corrected chi connectivity index (χ4v) is 4.89. The van der Waals surface area contributed by atoms with Gasteiger partial charge >= 0.3 is 0 Å². The highest BCUT2D eigenvalue weighted by Crippen LogP contribution is 2.22. The zero-order valence-electron chi connectivity index (χ0n) is 30.8. The van der Waals surface area contributed by atoms with Gasteiger partial charge < -0.3 is 19.5 Å². The number of amides is 1. The van der Waals surface area contributed by atoms with E-state index < -0.39 is 5.54 Å². The van der Waals surface area contributed by atoms with Gasteiger partial charge in [0.15, 0.2) is 5.78 Å². The van der Waals surface area contributed by atoms with Crippen molar-refractivity contribution in [3.8, 4) is 11.1 Å². The minimum Gasteiger partial charge on any atom is -0.378 e. The molecular weight excluding hydrogens is 622 g/mol. The van der Waals surface area contributed by atoms with E-state index in [2.05, 4.69) is 5.32 Å². The van der Waals surface area contributed by atoms with E-state index in [9.17, 15) is 24.0 Å². The maximum Gasteiger partial charge on any atom is 0.251 e. The van der Waals surface area contributed by atoms with Gasteiger partial charge in [0.1, 0.15) is 22.9 Å². The number of ketones is 4. The molecule has 272 valence electrons. The number of carbonyl (C=O) groups is 5. The van der Waals surface area contributed by atoms with E-state index in [0.29, 0.717) is 11.1 Å². The molecule has 49 heavy (non-hydrogen) atoms. The van der Waals surface area contributed by atoms with Crippen LogP contribution in [0.2, 0.25) is 0 Å². The van der Waals surface area contributed by atoms with Crippen LogP contribution in [0.5, 0.6) is 0 Å². The van der Waals surface area contributed by atoms with Crippen LogP contribution in [0.4, 0.5) is 0 Å². The van der Waals surface area contributed by atoms with E-state index in [-0.39, 0.29) is 113 Å². The van der Waals surface area contributed by atoms with Gasteiger partial charge in [0.25, 0.3) is 5.91 Å². The van der Waals surface area contributed by atoms with E-state index in [4.69, 9.17) is 14.2 Å². The Kier molecular flexibility index (Phi) is 17.7. The molecule has 0 aliphatic rings. The van der Waals surface area contributed by atoms with Gasteiger partial charge in [0, 0.05) is 55.5 Å². The van der Waals surface area contributed by atoms with Crippen LogP contribution >= 0.6 is 0 Å². The van der Waals surface area contributed by atoms with Gasteiger partial charge in [0.05, 0.1) is 39.6 Å². The second kappa shape index (κ2) is 20.9. The van der Waals surface area contributed by atoms with Crippen LogP contribution in [-0.4, -0.2) is 74.2 Å². The Labute approximate surface area is 294 Å². The number of hydrogen-bond acceptors (Lipinski definition) is 8. The smallest absolute Gasteiger partial charge is 0.251 e. The first-order chi connectivity index (χ1) is 23.2. The predicted octanol–water partition coefficient (Wildman–Crippen LogP) is 7.19. The van der Waals surface area contributed by atoms with E-state index >= 15 is 0 Å². The Morgan fingerprint density at radius 3 is 1.35 bits per heavy atom. The highest BCUT2D eigenvalue weighted by Gasteiger charge is 2.34. The van der Waals surface area contributed by atoms with Crippen molar-refractivity contribution < 1.29 is 39.6 Å². The average molecular weight is 682 g/mol. The van der Waals surface area contributed by atoms with Crippen LogP contribution in [-0.2, 0) is 28.6 Å². The molecule has 2 rings (SSSR count). The third-order valence-corrected chi connectivity index (χ3v) is 8.62. The zero-order valence-corrected chi connectivity index (χ0v) is 30.8. The largest absolute Gasteiger partial charge is 0.378 e. The van der Waals surface area contributed by atoms with Gasteiger partial charge in [-0.1, -0.05) is 91.8 Å². The molecule has 1 amide bonds. The van der Waals surface area contributed by atoms with Crippen molar-refractivity contribution in [2.75, 3.05) is 39.6 Å². The number of hydrogen-bond donors (Lipinski definition) is 1. The Bertz CT molecular complexity index is 1340. The number of rotatable bonds is 24. The molecular formula is C40H59NO8. The van der Waals surface area contributed by atoms with E-state index in [1.165, 1.54) is 0 Å². The van der Waals surface area contributed by atoms with Gasteiger partial charge in [-0.2, -0.15) is 0 Å². The Morgan fingerprint density at radius 1 is 0.592 bits per heavy atom. The first-order valence-electron chi connectivity index (χ1n) is 17.6. The SMILES string of the molecule is CCC(C)C(=O)CCOCC(COCCC(=O)C(C)C)(COCCC(=O)C(C)C)NC(=O)c1ccc(-c2ccc(C(=O)C(C)C)cc2)cc1.[HH]. The molecule has 0 aliphatic carbocycles. The molecule has 0 heterocycles. The van der Waals surface area contributed by atoms with E-state index in [1.54, 1.807) is 12.1 Å². The highest BCUT2D eigenvalue weighted by molar-refractivity contribution is 5.98. The molecule has 0 fully saturated rings. The molecule has 9 nitrogen and oxygen atoms in total. The summed E-state index contributed by atoms with van der Waals surface area (Å²) in [5.41, 5.74) is 1.68. The van der Waals surface area contributed by atoms with Crippen LogP contribution in [0.3, 0.4) is 0 Å². The van der Waals surface area contributed by atoms with Crippen molar-refractivity contribution in [1.29, 1.82) is 0 Å². The molecule has 0 saturated heterocycles. The summed E-state index contributed by atoms with van der Waals surface area (Å²) in [4.78, 5) is 63.0. The Morgan fingerprint density at radius 2 is 0.980 bits per heavy atom. The number of ether oxygens (including phenoxy) is 3. The average Bonchev–Trinajstić information content (AvgIpc) is 3.09. The first-order valence-corrected chi connectivity index (χ1v) is 17.6. The summed E-state index contributed by atoms with van der Waals surface area (Å²) in [6, 6.07) is 14.5. The van der Waals surface area contributed by atoms with Crippen LogP contribution < -0.4 is 5.32 Å². The standard InChI is InChI=1S/C40H57NO8.H2/c1-9-30(8)37(44)20-23-49-26-40(24-47-21-18-35(42)27(2)3,25-48-22-19-36(43)28(4)5)41-39(46)34-16-12-32(13-17-34)31-10-14-33(15-11-31)38(45)29(6)7;/h10-17,27-30H,9,18-26H2,1-8H3,(H,41,46);1H. The lowest BCUT2D eigenvalue weighted by atomic mass is 9.97. The molecule has 2 aromatic carbocycles. The van der Waals surface area contributed by atoms with Crippen molar-refractivity contribution >= 4 is 29.0 Å². The Hall–Kier alpha value is -3.53. The molecule has 1 N–H and O–H groups in total. The minimum atomic E-state index is -1.17. The number of benzene rings is 2. The van der Waals surface area contributed by atoms with Crippen LogP contribution in [0.15, 0.2) is 48.5 Å². The van der Waals surface area contributed by atoms with Crippen LogP contribution in [0.1, 0.15) is 103 Å². The normalized spacial score (nSPS) is 12.4. The van der Waals surface area contributed by atoms with Gasteiger partial charge in [-0.3, -0.25) is 24.0 Å². The molecule has 2 aromatic rings. The van der Waals surface area contributed by atoms with Crippen molar-refractivity contribution in [2.45, 2.75) is 86.6 Å². The maximum atomic E-state index is 13.7. The molecule has 1 atom stereocenters. The van der Waals surface area contributed by atoms with Crippen LogP contribution in [0, 0.1) is 23.7 Å². The third-order valence-electron chi connectivity index (χ3n) is 8.62. The van der Waals surface area contributed by atoms with Crippen molar-refractivity contribution in [3.05, 3.63) is 59.7 Å². The maximum absolute atomic E-state index is 13.7. The summed E-state index contributed by atoms with van der Waals surface area (Å²) in [7, 11) is 0. The summed E-state index contributed by atoms with van der Waals surface area (Å²) >= 11 is 0. The highest BCUT2D eigenvalue weighted by atomic mass is 16.5. The number of carbonyl (C=O) groups excluding carboxylic acids is 5. The summed E-state index contributed by atoms with van der Waals surface area (Å²) in [5.74, 6) is -0.459. The lowest BCUT2D eigenvalue weighted by molar-refractivity contribution is -0.124. The third kappa shape index (κ3) is 14.1. The molecule has 0 bridgehead atoms. The lowest BCUT2D eigenvalue weighted by Gasteiger charge is -2.34. The molecule has 9 heteroatoms. The van der Waals surface area contributed by atoms with Gasteiger partial charge in [-0.05, 0) is 29.7 Å². The van der Waals surface area contributed by atoms with Gasteiger partial charge in [-0.15, -0.1) is 0 Å². The lowest BCUT2D eigenvalue weighted by Crippen LogP contribution is -2.58. The number of nitrogens with one attached hydrogen (secondary N) is 1. The van der Waals surface area contributed by atoms with Crippen molar-refractivity contribution in [1.82, 2.24) is 5.32 Å². The van der Waals surface area contributed by atoms with E-state index in [1.807, 2.05) is 91.8 Å². The summed E-state index contributed by atoms with van der Waals surface area (Å²) in [6.45, 7) is 15.4. The molecule has 1 unspecified atom stereocenters. The zero-order chi connectivity index (χ0) is 36.6. The monoisotopic (exact) mass is 681 g/mol. The summed E-state index contributed by atoms with van der Waals surface area (Å²) in [5, 5.41) is 3.07. The topological polar surface area (TPSA) is 125 Å². The van der Waals surface area contributed by atoms with Gasteiger partial charge in [0.2, 0.25) is 0 Å². The van der Waals surface area contributed by atoms with Crippen molar-refractivity contribution in [3.63, 3.8) is 0 Å². The second-order valence-corrected chi connectivity index (χ2v) is 13.8.